The number of carbonyl (C=O) groups is 1. The second-order valence-corrected chi connectivity index (χ2v) is 3.85. The minimum atomic E-state index is -0.0479. The van der Waals surface area contributed by atoms with E-state index in [1.54, 1.807) is 6.08 Å². The molecule has 0 saturated carbocycles. The molecular formula is C13H17NO. The monoisotopic (exact) mass is 203 g/mol. The van der Waals surface area contributed by atoms with Gasteiger partial charge in [-0.05, 0) is 38.0 Å². The first-order valence-corrected chi connectivity index (χ1v) is 5.14. The fourth-order valence-electron chi connectivity index (χ4n) is 1.27. The van der Waals surface area contributed by atoms with Gasteiger partial charge in [0, 0.05) is 12.1 Å². The molecular weight excluding hydrogens is 186 g/mol. The summed E-state index contributed by atoms with van der Waals surface area (Å²) in [7, 11) is 0. The minimum Gasteiger partial charge on any atom is -0.350 e. The molecule has 0 bridgehead atoms. The fraction of sp³-hybridized carbons (Fsp3) is 0.308. The summed E-state index contributed by atoms with van der Waals surface area (Å²) >= 11 is 0. The Labute approximate surface area is 91.0 Å². The Morgan fingerprint density at radius 3 is 2.60 bits per heavy atom. The van der Waals surface area contributed by atoms with E-state index >= 15 is 0 Å². The van der Waals surface area contributed by atoms with E-state index in [0.29, 0.717) is 0 Å². The molecule has 1 amide bonds. The predicted octanol–water partition coefficient (Wildman–Crippen LogP) is 2.53. The van der Waals surface area contributed by atoms with Gasteiger partial charge in [-0.1, -0.05) is 24.3 Å². The molecule has 0 aromatic heterocycles. The summed E-state index contributed by atoms with van der Waals surface area (Å²) in [5.41, 5.74) is 2.25. The highest BCUT2D eigenvalue weighted by Gasteiger charge is 1.98. The summed E-state index contributed by atoms with van der Waals surface area (Å²) in [6, 6.07) is 8.15. The lowest BCUT2D eigenvalue weighted by molar-refractivity contribution is -0.116. The highest BCUT2D eigenvalue weighted by Crippen LogP contribution is 2.08. The number of rotatable bonds is 3. The maximum absolute atomic E-state index is 11.3. The van der Waals surface area contributed by atoms with Crippen molar-refractivity contribution in [2.75, 3.05) is 0 Å². The van der Waals surface area contributed by atoms with Gasteiger partial charge in [-0.2, -0.15) is 0 Å². The first kappa shape index (κ1) is 11.5. The molecule has 0 aliphatic carbocycles. The van der Waals surface area contributed by atoms with E-state index < -0.39 is 0 Å². The van der Waals surface area contributed by atoms with E-state index in [0.717, 1.165) is 5.56 Å². The van der Waals surface area contributed by atoms with Gasteiger partial charge in [0.2, 0.25) is 5.91 Å². The van der Waals surface area contributed by atoms with Gasteiger partial charge in [-0.15, -0.1) is 0 Å². The van der Waals surface area contributed by atoms with E-state index in [2.05, 4.69) is 5.32 Å². The average molecular weight is 203 g/mol. The molecule has 0 saturated heterocycles. The Kier molecular flexibility index (Phi) is 4.10. The Balaban J connectivity index is 2.66. The van der Waals surface area contributed by atoms with Crippen molar-refractivity contribution >= 4 is 12.0 Å². The van der Waals surface area contributed by atoms with Crippen LogP contribution in [0.4, 0.5) is 0 Å². The van der Waals surface area contributed by atoms with Crippen LogP contribution in [0.3, 0.4) is 0 Å². The highest BCUT2D eigenvalue weighted by atomic mass is 16.1. The maximum Gasteiger partial charge on any atom is 0.244 e. The first-order chi connectivity index (χ1) is 7.09. The van der Waals surface area contributed by atoms with E-state index in [1.807, 2.05) is 51.1 Å². The standard InChI is InChI=1S/C13H17NO/c1-10(2)14-13(15)9-8-12-7-5-4-6-11(12)3/h4-10H,1-3H3,(H,14,15)/b9-8+. The normalized spacial score (nSPS) is 10.9. The van der Waals surface area contributed by atoms with Crippen molar-refractivity contribution in [3.63, 3.8) is 0 Å². The molecule has 1 aromatic rings. The smallest absolute Gasteiger partial charge is 0.244 e. The Hall–Kier alpha value is -1.57. The van der Waals surface area contributed by atoms with Crippen LogP contribution in [0.2, 0.25) is 0 Å². The van der Waals surface area contributed by atoms with Crippen molar-refractivity contribution in [2.24, 2.45) is 0 Å². The van der Waals surface area contributed by atoms with Gasteiger partial charge >= 0.3 is 0 Å². The second-order valence-electron chi connectivity index (χ2n) is 3.85. The lowest BCUT2D eigenvalue weighted by Gasteiger charge is -2.04. The summed E-state index contributed by atoms with van der Waals surface area (Å²) in [6.45, 7) is 5.92. The summed E-state index contributed by atoms with van der Waals surface area (Å²) in [5.74, 6) is -0.0479. The van der Waals surface area contributed by atoms with Crippen LogP contribution in [0.1, 0.15) is 25.0 Å². The second kappa shape index (κ2) is 5.35. The summed E-state index contributed by atoms with van der Waals surface area (Å²) in [6.07, 6.45) is 3.41. The molecule has 2 nitrogen and oxygen atoms in total. The van der Waals surface area contributed by atoms with Crippen molar-refractivity contribution in [1.29, 1.82) is 0 Å². The molecule has 0 heterocycles. The third-order valence-electron chi connectivity index (χ3n) is 2.03. The molecule has 15 heavy (non-hydrogen) atoms. The largest absolute Gasteiger partial charge is 0.350 e. The number of nitrogens with one attached hydrogen (secondary N) is 1. The third-order valence-corrected chi connectivity index (χ3v) is 2.03. The van der Waals surface area contributed by atoms with Crippen LogP contribution in [0.15, 0.2) is 30.3 Å². The average Bonchev–Trinajstić information content (AvgIpc) is 2.15. The van der Waals surface area contributed by atoms with Crippen LogP contribution in [-0.4, -0.2) is 11.9 Å². The van der Waals surface area contributed by atoms with Gasteiger partial charge in [-0.3, -0.25) is 4.79 Å². The third kappa shape index (κ3) is 3.98. The first-order valence-electron chi connectivity index (χ1n) is 5.14. The van der Waals surface area contributed by atoms with E-state index in [4.69, 9.17) is 0 Å². The van der Waals surface area contributed by atoms with Gasteiger partial charge in [0.25, 0.3) is 0 Å². The highest BCUT2D eigenvalue weighted by molar-refractivity contribution is 5.92. The number of benzene rings is 1. The van der Waals surface area contributed by atoms with Crippen molar-refractivity contribution in [3.8, 4) is 0 Å². The van der Waals surface area contributed by atoms with Crippen molar-refractivity contribution in [2.45, 2.75) is 26.8 Å². The van der Waals surface area contributed by atoms with Crippen molar-refractivity contribution in [3.05, 3.63) is 41.5 Å². The Morgan fingerprint density at radius 1 is 1.33 bits per heavy atom. The van der Waals surface area contributed by atoms with Crippen LogP contribution >= 0.6 is 0 Å². The molecule has 2 heteroatoms. The zero-order valence-electron chi connectivity index (χ0n) is 9.45. The van der Waals surface area contributed by atoms with Gasteiger partial charge in [-0.25, -0.2) is 0 Å². The lowest BCUT2D eigenvalue weighted by atomic mass is 10.1. The number of aryl methyl sites for hydroxylation is 1. The number of carbonyl (C=O) groups excluding carboxylic acids is 1. The molecule has 1 aromatic carbocycles. The molecule has 0 aliphatic rings. The molecule has 0 fully saturated rings. The van der Waals surface area contributed by atoms with E-state index in [-0.39, 0.29) is 11.9 Å². The molecule has 0 spiro atoms. The number of amides is 1. The molecule has 0 atom stereocenters. The fourth-order valence-corrected chi connectivity index (χ4v) is 1.27. The van der Waals surface area contributed by atoms with E-state index in [9.17, 15) is 4.79 Å². The lowest BCUT2D eigenvalue weighted by Crippen LogP contribution is -2.28. The van der Waals surface area contributed by atoms with Gasteiger partial charge in [0.1, 0.15) is 0 Å². The molecule has 0 unspecified atom stereocenters. The molecule has 80 valence electrons. The maximum atomic E-state index is 11.3. The van der Waals surface area contributed by atoms with Crippen molar-refractivity contribution in [1.82, 2.24) is 5.32 Å². The number of hydrogen-bond acceptors (Lipinski definition) is 1. The molecule has 0 aliphatic heterocycles. The summed E-state index contributed by atoms with van der Waals surface area (Å²) in [4.78, 5) is 11.3. The molecule has 1 N–H and O–H groups in total. The van der Waals surface area contributed by atoms with Crippen molar-refractivity contribution < 1.29 is 4.79 Å². The van der Waals surface area contributed by atoms with Gasteiger partial charge in [0.15, 0.2) is 0 Å². The van der Waals surface area contributed by atoms with Crippen LogP contribution in [0.5, 0.6) is 0 Å². The molecule has 0 radical (unpaired) electrons. The van der Waals surface area contributed by atoms with Crippen LogP contribution in [0, 0.1) is 6.92 Å². The zero-order valence-corrected chi connectivity index (χ0v) is 9.45. The van der Waals surface area contributed by atoms with Gasteiger partial charge < -0.3 is 5.32 Å². The Bertz CT molecular complexity index is 367. The molecule has 1 rings (SSSR count). The minimum absolute atomic E-state index is 0.0479. The summed E-state index contributed by atoms with van der Waals surface area (Å²) < 4.78 is 0. The number of hydrogen-bond donors (Lipinski definition) is 1. The van der Waals surface area contributed by atoms with Crippen LogP contribution < -0.4 is 5.32 Å². The zero-order chi connectivity index (χ0) is 11.3. The summed E-state index contributed by atoms with van der Waals surface area (Å²) in [5, 5.41) is 2.81. The quantitative estimate of drug-likeness (QED) is 0.751. The van der Waals surface area contributed by atoms with E-state index in [1.165, 1.54) is 5.56 Å². The topological polar surface area (TPSA) is 29.1 Å². The van der Waals surface area contributed by atoms with Crippen LogP contribution in [-0.2, 0) is 4.79 Å². The SMILES string of the molecule is Cc1ccccc1/C=C/C(=O)NC(C)C. The van der Waals surface area contributed by atoms with Gasteiger partial charge in [0.05, 0.1) is 0 Å². The predicted molar refractivity (Wildman–Crippen MR) is 63.5 cm³/mol. The van der Waals surface area contributed by atoms with Crippen LogP contribution in [0.25, 0.3) is 6.08 Å². The Morgan fingerprint density at radius 2 is 2.00 bits per heavy atom.